The van der Waals surface area contributed by atoms with E-state index in [1.54, 1.807) is 0 Å². The van der Waals surface area contributed by atoms with Crippen molar-refractivity contribution in [3.05, 3.63) is 71.7 Å². The molecule has 1 saturated heterocycles. The average Bonchev–Trinajstić information content (AvgIpc) is 3.33. The average molecular weight is 529 g/mol. The Bertz CT molecular complexity index is 1330. The smallest absolute Gasteiger partial charge is 0.349 e. The molecule has 1 aliphatic carbocycles. The van der Waals surface area contributed by atoms with Gasteiger partial charge in [-0.15, -0.1) is 0 Å². The molecule has 1 amide bonds. The maximum atomic E-state index is 13.9. The van der Waals surface area contributed by atoms with Crippen LogP contribution in [0.4, 0.5) is 22.0 Å². The molecule has 2 atom stereocenters. The molecular formula is C23H21F5N4O3S. The number of nitrogens with zero attached hydrogens (tertiary/aromatic N) is 3. The quantitative estimate of drug-likeness (QED) is 0.575. The summed E-state index contributed by atoms with van der Waals surface area (Å²) in [4.78, 5) is 20.8. The van der Waals surface area contributed by atoms with Gasteiger partial charge in [0, 0.05) is 12.1 Å². The number of rotatable bonds is 6. The Kier molecular flexibility index (Phi) is 7.23. The number of hydrogen-bond donors (Lipinski definition) is 1. The molecule has 0 radical (unpaired) electrons. The number of benzene rings is 1. The van der Waals surface area contributed by atoms with Crippen LogP contribution in [-0.2, 0) is 27.5 Å². The number of allylic oxidation sites excluding steroid dienone is 3. The van der Waals surface area contributed by atoms with E-state index in [0.717, 1.165) is 28.8 Å². The monoisotopic (exact) mass is 528 g/mol. The molecule has 1 aromatic carbocycles. The van der Waals surface area contributed by atoms with Gasteiger partial charge in [-0.05, 0) is 49.6 Å². The Balaban J connectivity index is 1.44. The summed E-state index contributed by atoms with van der Waals surface area (Å²) in [6.45, 7) is 0.0488. The van der Waals surface area contributed by atoms with Gasteiger partial charge in [0.15, 0.2) is 0 Å². The maximum Gasteiger partial charge on any atom is 0.419 e. The number of nitrogens with one attached hydrogen (secondary N) is 1. The number of aromatic nitrogens is 2. The van der Waals surface area contributed by atoms with Gasteiger partial charge in [-0.2, -0.15) is 17.5 Å². The van der Waals surface area contributed by atoms with Crippen LogP contribution in [0.5, 0.6) is 0 Å². The zero-order valence-corrected chi connectivity index (χ0v) is 19.5. The molecule has 36 heavy (non-hydrogen) atoms. The number of alkyl halides is 3. The fourth-order valence-electron chi connectivity index (χ4n) is 4.13. The molecule has 192 valence electrons. The van der Waals surface area contributed by atoms with E-state index in [1.807, 2.05) is 0 Å². The second-order valence-electron chi connectivity index (χ2n) is 8.34. The van der Waals surface area contributed by atoms with Gasteiger partial charge in [-0.1, -0.05) is 12.1 Å². The molecule has 1 unspecified atom stereocenters. The van der Waals surface area contributed by atoms with Gasteiger partial charge in [0.05, 0.1) is 28.7 Å². The van der Waals surface area contributed by atoms with E-state index in [9.17, 15) is 35.2 Å². The third-order valence-electron chi connectivity index (χ3n) is 5.97. The first-order valence-electron chi connectivity index (χ1n) is 11.0. The number of halogens is 5. The zero-order chi connectivity index (χ0) is 26.1. The Hall–Kier alpha value is -3.19. The third kappa shape index (κ3) is 5.46. The van der Waals surface area contributed by atoms with Gasteiger partial charge in [-0.25, -0.2) is 27.2 Å². The normalized spacial score (nSPS) is 20.9. The second-order valence-corrected chi connectivity index (χ2v) is 10.4. The first-order valence-corrected chi connectivity index (χ1v) is 12.5. The topological polar surface area (TPSA) is 92.3 Å². The first-order chi connectivity index (χ1) is 17.0. The lowest BCUT2D eigenvalue weighted by Gasteiger charge is -2.27. The molecule has 2 aromatic rings. The van der Waals surface area contributed by atoms with Crippen molar-refractivity contribution in [3.63, 3.8) is 0 Å². The SMILES string of the molecule is O=C(NCc1cc(-c2ccc(C(F)(F)F)c(F)c2)ncn1)[C@@H]1CCCN1S(=O)(=O)C1C=CC(F)=CC1. The molecule has 13 heteroatoms. The summed E-state index contributed by atoms with van der Waals surface area (Å²) in [7, 11) is -3.89. The highest BCUT2D eigenvalue weighted by molar-refractivity contribution is 7.90. The minimum Gasteiger partial charge on any atom is -0.349 e. The standard InChI is InChI=1S/C23H21F5N4O3S/c24-15-4-6-17(7-5-15)36(34,35)32-9-1-2-21(32)22(33)29-12-16-11-20(31-13-30-16)14-3-8-18(19(25)10-14)23(26,27)28/h3-6,8,10-11,13,17,21H,1-2,7,9,12H2,(H,29,33)/t17?,21-/m0/s1. The summed E-state index contributed by atoms with van der Waals surface area (Å²) in [5, 5.41) is 1.66. The van der Waals surface area contributed by atoms with Gasteiger partial charge in [-0.3, -0.25) is 4.79 Å². The Labute approximate surface area is 203 Å². The van der Waals surface area contributed by atoms with Crippen LogP contribution >= 0.6 is 0 Å². The molecule has 4 rings (SSSR count). The van der Waals surface area contributed by atoms with Crippen molar-refractivity contribution < 1.29 is 35.2 Å². The van der Waals surface area contributed by atoms with E-state index >= 15 is 0 Å². The maximum absolute atomic E-state index is 13.9. The lowest BCUT2D eigenvalue weighted by Crippen LogP contribution is -2.48. The summed E-state index contributed by atoms with van der Waals surface area (Å²) >= 11 is 0. The predicted molar refractivity (Wildman–Crippen MR) is 120 cm³/mol. The minimum absolute atomic E-state index is 0.0240. The Morgan fingerprint density at radius 1 is 1.17 bits per heavy atom. The summed E-state index contributed by atoms with van der Waals surface area (Å²) in [5.41, 5.74) is -0.864. The van der Waals surface area contributed by atoms with Gasteiger partial charge >= 0.3 is 6.18 Å². The largest absolute Gasteiger partial charge is 0.419 e. The van der Waals surface area contributed by atoms with Crippen LogP contribution in [0, 0.1) is 5.82 Å². The molecule has 0 spiro atoms. The molecule has 1 aliphatic heterocycles. The van der Waals surface area contributed by atoms with Crippen molar-refractivity contribution in [3.8, 4) is 11.3 Å². The van der Waals surface area contributed by atoms with E-state index < -0.39 is 50.6 Å². The van der Waals surface area contributed by atoms with Crippen LogP contribution in [-0.4, -0.2) is 46.4 Å². The van der Waals surface area contributed by atoms with E-state index in [2.05, 4.69) is 15.3 Å². The van der Waals surface area contributed by atoms with Gasteiger partial charge < -0.3 is 5.32 Å². The summed E-state index contributed by atoms with van der Waals surface area (Å²) < 4.78 is 92.8. The van der Waals surface area contributed by atoms with E-state index in [-0.39, 0.29) is 36.5 Å². The fraction of sp³-hybridized carbons (Fsp3) is 0.348. The molecule has 0 saturated carbocycles. The van der Waals surface area contributed by atoms with Crippen molar-refractivity contribution >= 4 is 15.9 Å². The fourth-order valence-corrected chi connectivity index (χ4v) is 6.03. The highest BCUT2D eigenvalue weighted by Crippen LogP contribution is 2.33. The zero-order valence-electron chi connectivity index (χ0n) is 18.7. The van der Waals surface area contributed by atoms with Crippen LogP contribution in [0.25, 0.3) is 11.3 Å². The summed E-state index contributed by atoms with van der Waals surface area (Å²) in [6.07, 6.45) is 0.607. The van der Waals surface area contributed by atoms with Crippen molar-refractivity contribution in [2.24, 2.45) is 0 Å². The van der Waals surface area contributed by atoms with Crippen LogP contribution in [0.15, 0.2) is 54.6 Å². The molecule has 0 bridgehead atoms. The number of sulfonamides is 1. The predicted octanol–water partition coefficient (Wildman–Crippen LogP) is 3.89. The van der Waals surface area contributed by atoms with Gasteiger partial charge in [0.1, 0.15) is 24.0 Å². The van der Waals surface area contributed by atoms with Crippen LogP contribution in [0.2, 0.25) is 0 Å². The highest BCUT2D eigenvalue weighted by atomic mass is 32.2. The van der Waals surface area contributed by atoms with Gasteiger partial charge in [0.25, 0.3) is 0 Å². The highest BCUT2D eigenvalue weighted by Gasteiger charge is 2.41. The molecule has 1 N–H and O–H groups in total. The first kappa shape index (κ1) is 25.9. The van der Waals surface area contributed by atoms with Gasteiger partial charge in [0.2, 0.25) is 15.9 Å². The van der Waals surface area contributed by atoms with E-state index in [1.165, 1.54) is 18.2 Å². The van der Waals surface area contributed by atoms with Crippen molar-refractivity contribution in [2.45, 2.75) is 43.3 Å². The van der Waals surface area contributed by atoms with Crippen LogP contribution in [0.3, 0.4) is 0 Å². The molecule has 1 fully saturated rings. The lowest BCUT2D eigenvalue weighted by molar-refractivity contribution is -0.140. The molecule has 1 aromatic heterocycles. The molecule has 7 nitrogen and oxygen atoms in total. The molecular weight excluding hydrogens is 507 g/mol. The molecule has 2 heterocycles. The van der Waals surface area contributed by atoms with Crippen molar-refractivity contribution in [1.82, 2.24) is 19.6 Å². The van der Waals surface area contributed by atoms with E-state index in [4.69, 9.17) is 0 Å². The Morgan fingerprint density at radius 3 is 2.61 bits per heavy atom. The van der Waals surface area contributed by atoms with Crippen LogP contribution < -0.4 is 5.32 Å². The van der Waals surface area contributed by atoms with Crippen LogP contribution in [0.1, 0.15) is 30.5 Å². The van der Waals surface area contributed by atoms with Crippen molar-refractivity contribution in [2.75, 3.05) is 6.54 Å². The van der Waals surface area contributed by atoms with Crippen molar-refractivity contribution in [1.29, 1.82) is 0 Å². The lowest BCUT2D eigenvalue weighted by atomic mass is 10.1. The summed E-state index contributed by atoms with van der Waals surface area (Å²) in [5.74, 6) is -2.50. The molecule has 2 aliphatic rings. The number of hydrogen-bond acceptors (Lipinski definition) is 5. The minimum atomic E-state index is -4.83. The second kappa shape index (κ2) is 10.1. The van der Waals surface area contributed by atoms with E-state index in [0.29, 0.717) is 18.9 Å². The number of carbonyl (C=O) groups is 1. The third-order valence-corrected chi connectivity index (χ3v) is 8.17. The summed E-state index contributed by atoms with van der Waals surface area (Å²) in [6, 6.07) is 2.87. The Morgan fingerprint density at radius 2 is 1.94 bits per heavy atom. The number of carbonyl (C=O) groups excluding carboxylic acids is 1. The number of amides is 1.